The van der Waals surface area contributed by atoms with Gasteiger partial charge in [-0.25, -0.2) is 9.78 Å². The molecule has 1 aromatic carbocycles. The molecule has 0 aliphatic carbocycles. The van der Waals surface area contributed by atoms with E-state index in [-0.39, 0.29) is 69.1 Å². The number of hydrogen-bond donors (Lipinski definition) is 16. The lowest BCUT2D eigenvalue weighted by Crippen LogP contribution is -2.61. The largest absolute Gasteiger partial charge is 0.508 e. The van der Waals surface area contributed by atoms with Crippen molar-refractivity contribution in [3.63, 3.8) is 0 Å². The number of rotatable bonds is 34. The summed E-state index contributed by atoms with van der Waals surface area (Å²) >= 11 is 0. The number of aromatic hydroxyl groups is 1. The second kappa shape index (κ2) is 32.1. The molecule has 9 amide bonds. The molecule has 0 unspecified atom stereocenters. The molecule has 0 aliphatic heterocycles. The summed E-state index contributed by atoms with van der Waals surface area (Å²) < 4.78 is 0. The van der Waals surface area contributed by atoms with E-state index in [2.05, 4.69) is 47.2 Å². The molecule has 27 nitrogen and oxygen atoms in total. The fourth-order valence-electron chi connectivity index (χ4n) is 7.35. The maximum absolute atomic E-state index is 14.3. The van der Waals surface area contributed by atoms with Crippen molar-refractivity contribution in [2.75, 3.05) is 19.7 Å². The minimum Gasteiger partial charge on any atom is -0.508 e. The SMILES string of the molecule is CC(C)C[C@H](NC(=O)CN)C(=O)N[C@@H](Cc1ccc(O)cc1)C(=O)N[C@@H](CCC(N)=O)C(=O)N[C@@H](CCCCN)C(=O)N[C@@H](CC(C)C)C(=O)N[C@@H](Cc1cnc[nH]1)C(=O)N[C@@H](CO)C(=O)N[C@H](C(=O)O)[C@@H](C)O. The van der Waals surface area contributed by atoms with Crippen LogP contribution in [0.4, 0.5) is 0 Å². The fraction of sp³-hybridized carbons (Fsp3) is 0.596. The molecule has 19 N–H and O–H groups in total. The number of phenols is 1. The van der Waals surface area contributed by atoms with Gasteiger partial charge in [0.05, 0.1) is 25.6 Å². The molecule has 0 aliphatic rings. The Bertz CT molecular complexity index is 2180. The van der Waals surface area contributed by atoms with Crippen LogP contribution in [-0.4, -0.2) is 164 Å². The topological polar surface area (TPSA) is 455 Å². The second-order valence-electron chi connectivity index (χ2n) is 18.6. The third-order valence-electron chi connectivity index (χ3n) is 11.3. The van der Waals surface area contributed by atoms with Crippen LogP contribution in [0.5, 0.6) is 5.75 Å². The number of imidazole rings is 1. The number of nitrogens with zero attached hydrogens (tertiary/aromatic N) is 1. The van der Waals surface area contributed by atoms with Gasteiger partial charge in [0.15, 0.2) is 6.04 Å². The number of carbonyl (C=O) groups excluding carboxylic acids is 9. The number of carboxylic acids is 1. The van der Waals surface area contributed by atoms with Gasteiger partial charge in [-0.1, -0.05) is 39.8 Å². The van der Waals surface area contributed by atoms with Gasteiger partial charge in [-0.3, -0.25) is 43.2 Å². The highest BCUT2D eigenvalue weighted by molar-refractivity contribution is 5.98. The van der Waals surface area contributed by atoms with Crippen molar-refractivity contribution in [1.82, 2.24) is 52.5 Å². The standard InChI is InChI=1S/C47H75N13O14/c1-24(2)16-32(53-38(65)20-49)42(68)57-34(18-27-9-11-29(63)12-10-27)44(70)55-31(13-14-37(50)64)41(67)54-30(8-6-7-15-48)40(66)56-33(17-25(3)4)43(69)58-35(19-28-21-51-23-52-28)45(71)59-36(22-61)46(72)60-39(26(5)62)47(73)74/h9-12,21,23-26,30-36,39,61-63H,6-8,13-20,22,48-49H2,1-5H3,(H2,50,64)(H,51,52)(H,53,65)(H,54,67)(H,55,70)(H,56,66)(H,57,68)(H,58,69)(H,59,71)(H,60,72)(H,73,74)/t26-,30+,31+,32+,33+,34+,35+,36+,39+/m1/s1. The lowest BCUT2D eigenvalue weighted by molar-refractivity contribution is -0.145. The lowest BCUT2D eigenvalue weighted by Gasteiger charge is -2.28. The number of phenolic OH excluding ortho intramolecular Hbond substituents is 1. The maximum Gasteiger partial charge on any atom is 0.328 e. The first-order chi connectivity index (χ1) is 34.9. The number of benzene rings is 1. The number of unbranched alkanes of at least 4 members (excludes halogenated alkanes) is 1. The average molecular weight is 1050 g/mol. The van der Waals surface area contributed by atoms with Gasteiger partial charge in [-0.05, 0) is 81.5 Å². The Kier molecular flexibility index (Phi) is 27.2. The highest BCUT2D eigenvalue weighted by atomic mass is 16.4. The summed E-state index contributed by atoms with van der Waals surface area (Å²) in [6.45, 7) is 6.99. The molecule has 2 aromatic rings. The smallest absolute Gasteiger partial charge is 0.328 e. The lowest BCUT2D eigenvalue weighted by atomic mass is 10.00. The van der Waals surface area contributed by atoms with E-state index >= 15 is 0 Å². The number of aliphatic carboxylic acids is 1. The highest BCUT2D eigenvalue weighted by Gasteiger charge is 2.36. The number of hydrogen-bond acceptors (Lipinski definition) is 16. The Labute approximate surface area is 428 Å². The van der Waals surface area contributed by atoms with E-state index in [1.165, 1.54) is 36.8 Å². The summed E-state index contributed by atoms with van der Waals surface area (Å²) in [6, 6.07) is -6.17. The number of aliphatic hydroxyl groups is 2. The van der Waals surface area contributed by atoms with E-state index in [1.807, 2.05) is 19.2 Å². The number of nitrogens with two attached hydrogens (primary N) is 3. The molecule has 2 rings (SSSR count). The van der Waals surface area contributed by atoms with Crippen molar-refractivity contribution in [3.8, 4) is 5.75 Å². The summed E-state index contributed by atoms with van der Waals surface area (Å²) in [5, 5.41) is 59.0. The number of aromatic amines is 1. The van der Waals surface area contributed by atoms with Crippen LogP contribution in [0.3, 0.4) is 0 Å². The van der Waals surface area contributed by atoms with Gasteiger partial charge in [0, 0.05) is 31.2 Å². The molecular formula is C47H75N13O14. The van der Waals surface area contributed by atoms with Crippen molar-refractivity contribution < 1.29 is 68.4 Å². The van der Waals surface area contributed by atoms with Crippen LogP contribution in [0.2, 0.25) is 0 Å². The second-order valence-corrected chi connectivity index (χ2v) is 18.6. The Hall–Kier alpha value is -7.23. The Balaban J connectivity index is 2.48. The van der Waals surface area contributed by atoms with Crippen LogP contribution >= 0.6 is 0 Å². The minimum absolute atomic E-state index is 0.0175. The molecule has 0 radical (unpaired) electrons. The molecule has 0 saturated carbocycles. The summed E-state index contributed by atoms with van der Waals surface area (Å²) in [4.78, 5) is 140. The number of amides is 9. The van der Waals surface area contributed by atoms with E-state index in [0.717, 1.165) is 6.92 Å². The number of nitrogens with one attached hydrogen (secondary N) is 9. The predicted molar refractivity (Wildman–Crippen MR) is 265 cm³/mol. The predicted octanol–water partition coefficient (Wildman–Crippen LogP) is -4.32. The van der Waals surface area contributed by atoms with Crippen molar-refractivity contribution in [2.45, 2.75) is 147 Å². The van der Waals surface area contributed by atoms with Gasteiger partial charge in [0.2, 0.25) is 53.2 Å². The molecule has 0 fully saturated rings. The van der Waals surface area contributed by atoms with Crippen LogP contribution in [0.15, 0.2) is 36.8 Å². The zero-order valence-electron chi connectivity index (χ0n) is 42.4. The first kappa shape index (κ1) is 62.9. The molecule has 0 spiro atoms. The fourth-order valence-corrected chi connectivity index (χ4v) is 7.35. The molecule has 0 bridgehead atoms. The molecule has 1 heterocycles. The summed E-state index contributed by atoms with van der Waals surface area (Å²) in [5.74, 6) is -10.1. The van der Waals surface area contributed by atoms with E-state index < -0.39 is 133 Å². The average Bonchev–Trinajstić information content (AvgIpc) is 3.85. The van der Waals surface area contributed by atoms with Gasteiger partial charge in [-0.2, -0.15) is 0 Å². The van der Waals surface area contributed by atoms with Gasteiger partial charge in [0.25, 0.3) is 0 Å². The van der Waals surface area contributed by atoms with Gasteiger partial charge in [0.1, 0.15) is 48.0 Å². The van der Waals surface area contributed by atoms with Gasteiger partial charge >= 0.3 is 5.97 Å². The number of carbonyl (C=O) groups is 10. The normalized spacial score (nSPS) is 14.9. The quantitative estimate of drug-likeness (QED) is 0.0295. The van der Waals surface area contributed by atoms with Crippen LogP contribution in [0.1, 0.15) is 90.8 Å². The minimum atomic E-state index is -1.79. The van der Waals surface area contributed by atoms with E-state index in [1.54, 1.807) is 13.8 Å². The molecule has 0 saturated heterocycles. The van der Waals surface area contributed by atoms with Crippen molar-refractivity contribution in [1.29, 1.82) is 0 Å². The number of primary amides is 1. The van der Waals surface area contributed by atoms with Crippen molar-refractivity contribution in [3.05, 3.63) is 48.0 Å². The van der Waals surface area contributed by atoms with Gasteiger partial charge in [-0.15, -0.1) is 0 Å². The number of aliphatic hydroxyl groups excluding tert-OH is 2. The van der Waals surface area contributed by atoms with Gasteiger partial charge < -0.3 is 85.1 Å². The van der Waals surface area contributed by atoms with Crippen LogP contribution < -0.4 is 59.7 Å². The zero-order chi connectivity index (χ0) is 55.7. The first-order valence-electron chi connectivity index (χ1n) is 24.3. The third-order valence-corrected chi connectivity index (χ3v) is 11.3. The highest BCUT2D eigenvalue weighted by Crippen LogP contribution is 2.14. The Morgan fingerprint density at radius 2 is 1.07 bits per heavy atom. The summed E-state index contributed by atoms with van der Waals surface area (Å²) in [5.41, 5.74) is 17.5. The van der Waals surface area contributed by atoms with Crippen LogP contribution in [0.25, 0.3) is 0 Å². The van der Waals surface area contributed by atoms with Crippen molar-refractivity contribution in [2.24, 2.45) is 29.0 Å². The molecule has 27 heteroatoms. The number of carboxylic acid groups (broad SMARTS) is 1. The Morgan fingerprint density at radius 1 is 0.608 bits per heavy atom. The monoisotopic (exact) mass is 1050 g/mol. The van der Waals surface area contributed by atoms with E-state index in [9.17, 15) is 68.4 Å². The molecule has 412 valence electrons. The van der Waals surface area contributed by atoms with Crippen LogP contribution in [-0.2, 0) is 60.8 Å². The van der Waals surface area contributed by atoms with E-state index in [4.69, 9.17) is 17.2 Å². The summed E-state index contributed by atoms with van der Waals surface area (Å²) in [6.07, 6.45) is 0.651. The molecule has 1 aromatic heterocycles. The molecular weight excluding hydrogens is 971 g/mol. The number of aromatic nitrogens is 2. The molecule has 74 heavy (non-hydrogen) atoms. The first-order valence-corrected chi connectivity index (χ1v) is 24.3. The third kappa shape index (κ3) is 22.7. The summed E-state index contributed by atoms with van der Waals surface area (Å²) in [7, 11) is 0. The Morgan fingerprint density at radius 3 is 1.53 bits per heavy atom. The maximum atomic E-state index is 14.3. The zero-order valence-corrected chi connectivity index (χ0v) is 42.4. The van der Waals surface area contributed by atoms with Crippen LogP contribution in [0, 0.1) is 11.8 Å². The van der Waals surface area contributed by atoms with Crippen molar-refractivity contribution >= 4 is 59.1 Å². The molecule has 9 atom stereocenters. The number of H-pyrrole nitrogens is 1. The van der Waals surface area contributed by atoms with E-state index in [0.29, 0.717) is 17.7 Å².